The summed E-state index contributed by atoms with van der Waals surface area (Å²) >= 11 is 0. The molecule has 1 aromatic carbocycles. The molecule has 0 aliphatic carbocycles. The van der Waals surface area contributed by atoms with E-state index >= 15 is 0 Å². The molecule has 0 radical (unpaired) electrons. The number of hydrogen-bond acceptors (Lipinski definition) is 7. The fourth-order valence-electron chi connectivity index (χ4n) is 3.14. The van der Waals surface area contributed by atoms with E-state index in [1.165, 1.54) is 0 Å². The maximum absolute atomic E-state index is 9.64. The van der Waals surface area contributed by atoms with Gasteiger partial charge in [-0.2, -0.15) is 4.98 Å². The summed E-state index contributed by atoms with van der Waals surface area (Å²) in [5.41, 5.74) is 9.85. The van der Waals surface area contributed by atoms with Crippen LogP contribution in [0.15, 0.2) is 18.2 Å². The van der Waals surface area contributed by atoms with Crippen molar-refractivity contribution in [3.8, 4) is 5.75 Å². The Morgan fingerprint density at radius 1 is 1.30 bits per heavy atom. The average molecular weight is 374 g/mol. The summed E-state index contributed by atoms with van der Waals surface area (Å²) in [6.07, 6.45) is 2.43. The second kappa shape index (κ2) is 10.1. The van der Waals surface area contributed by atoms with Gasteiger partial charge in [0.15, 0.2) is 0 Å². The van der Waals surface area contributed by atoms with Crippen LogP contribution in [0.5, 0.6) is 5.75 Å². The van der Waals surface area contributed by atoms with Gasteiger partial charge in [-0.15, -0.1) is 0 Å². The Morgan fingerprint density at radius 3 is 2.70 bits per heavy atom. The molecule has 27 heavy (non-hydrogen) atoms. The molecule has 0 aliphatic heterocycles. The number of rotatable bonds is 10. The van der Waals surface area contributed by atoms with E-state index in [0.717, 1.165) is 47.5 Å². The fourth-order valence-corrected chi connectivity index (χ4v) is 3.14. The van der Waals surface area contributed by atoms with Crippen LogP contribution in [0.3, 0.4) is 0 Å². The zero-order chi connectivity index (χ0) is 19.8. The van der Waals surface area contributed by atoms with Gasteiger partial charge in [0.25, 0.3) is 0 Å². The van der Waals surface area contributed by atoms with E-state index in [1.807, 2.05) is 20.0 Å². The second-order valence-electron chi connectivity index (χ2n) is 6.66. The monoisotopic (exact) mass is 373 g/mol. The number of methoxy groups -OCH3 is 1. The molecule has 1 aromatic heterocycles. The summed E-state index contributed by atoms with van der Waals surface area (Å²) < 4.78 is 5.60. The van der Waals surface area contributed by atoms with Crippen LogP contribution in [0.4, 0.5) is 11.8 Å². The first kappa shape index (κ1) is 20.9. The standard InChI is InChI=1S/C20H31N5O2/c1-5-6-16(12-26)24-19-17(13(2)23-20(21)25-19)10-15-8-7-14(11-22-3)9-18(15)27-4/h7-9,16,22,26H,5-6,10-12H2,1-4H3,(H3,21,23,24,25)/t16-/m0/s1. The van der Waals surface area contributed by atoms with Crippen LogP contribution in [-0.2, 0) is 13.0 Å². The molecule has 0 saturated carbocycles. The van der Waals surface area contributed by atoms with Crippen molar-refractivity contribution in [3.63, 3.8) is 0 Å². The van der Waals surface area contributed by atoms with Gasteiger partial charge < -0.3 is 26.2 Å². The van der Waals surface area contributed by atoms with Crippen molar-refractivity contribution in [2.75, 3.05) is 31.8 Å². The Hall–Kier alpha value is -2.38. The summed E-state index contributed by atoms with van der Waals surface area (Å²) in [7, 11) is 3.60. The van der Waals surface area contributed by atoms with Gasteiger partial charge >= 0.3 is 0 Å². The number of aromatic nitrogens is 2. The third-order valence-electron chi connectivity index (χ3n) is 4.53. The highest BCUT2D eigenvalue weighted by Crippen LogP contribution is 2.28. The average Bonchev–Trinajstić information content (AvgIpc) is 2.65. The Balaban J connectivity index is 2.37. The summed E-state index contributed by atoms with van der Waals surface area (Å²) in [5, 5.41) is 16.1. The predicted octanol–water partition coefficient (Wildman–Crippen LogP) is 2.26. The number of benzene rings is 1. The Bertz CT molecular complexity index is 751. The van der Waals surface area contributed by atoms with E-state index in [0.29, 0.717) is 12.2 Å². The zero-order valence-corrected chi connectivity index (χ0v) is 16.7. The molecule has 0 fully saturated rings. The van der Waals surface area contributed by atoms with Gasteiger partial charge in [-0.3, -0.25) is 0 Å². The Labute approximate surface area is 161 Å². The number of nitrogens with two attached hydrogens (primary N) is 1. The minimum Gasteiger partial charge on any atom is -0.496 e. The molecule has 0 spiro atoms. The van der Waals surface area contributed by atoms with Gasteiger partial charge in [-0.25, -0.2) is 4.98 Å². The SMILES string of the molecule is CCC[C@@H](CO)Nc1nc(N)nc(C)c1Cc1ccc(CNC)cc1OC. The van der Waals surface area contributed by atoms with Crippen molar-refractivity contribution in [2.24, 2.45) is 0 Å². The predicted molar refractivity (Wildman–Crippen MR) is 109 cm³/mol. The maximum Gasteiger partial charge on any atom is 0.222 e. The molecule has 2 aromatic rings. The second-order valence-corrected chi connectivity index (χ2v) is 6.66. The molecule has 0 aliphatic rings. The Kier molecular flexibility index (Phi) is 7.82. The van der Waals surface area contributed by atoms with Crippen molar-refractivity contribution in [1.82, 2.24) is 15.3 Å². The normalized spacial score (nSPS) is 12.0. The number of nitrogen functional groups attached to an aromatic ring is 1. The molecule has 148 valence electrons. The minimum atomic E-state index is -0.0673. The third kappa shape index (κ3) is 5.55. The summed E-state index contributed by atoms with van der Waals surface area (Å²) in [4.78, 5) is 8.72. The van der Waals surface area contributed by atoms with Gasteiger partial charge in [0, 0.05) is 24.2 Å². The van der Waals surface area contributed by atoms with Gasteiger partial charge in [0.1, 0.15) is 11.6 Å². The fraction of sp³-hybridized carbons (Fsp3) is 0.500. The molecule has 1 heterocycles. The van der Waals surface area contributed by atoms with Gasteiger partial charge in [0.05, 0.1) is 19.8 Å². The number of anilines is 2. The van der Waals surface area contributed by atoms with Crippen molar-refractivity contribution in [1.29, 1.82) is 0 Å². The van der Waals surface area contributed by atoms with Gasteiger partial charge in [0.2, 0.25) is 5.95 Å². The number of nitrogens with zero attached hydrogens (tertiary/aromatic N) is 2. The lowest BCUT2D eigenvalue weighted by Gasteiger charge is -2.20. The lowest BCUT2D eigenvalue weighted by molar-refractivity contribution is 0.268. The molecule has 1 atom stereocenters. The van der Waals surface area contributed by atoms with Crippen LogP contribution in [0.1, 0.15) is 42.1 Å². The van der Waals surface area contributed by atoms with E-state index in [9.17, 15) is 5.11 Å². The lowest BCUT2D eigenvalue weighted by Crippen LogP contribution is -2.25. The van der Waals surface area contributed by atoms with Crippen LogP contribution in [0, 0.1) is 6.92 Å². The minimum absolute atomic E-state index is 0.0400. The van der Waals surface area contributed by atoms with Crippen LogP contribution in [-0.4, -0.2) is 41.9 Å². The molecule has 7 nitrogen and oxygen atoms in total. The van der Waals surface area contributed by atoms with Gasteiger partial charge in [-0.05, 0) is 37.6 Å². The summed E-state index contributed by atoms with van der Waals surface area (Å²) in [5.74, 6) is 1.73. The Morgan fingerprint density at radius 2 is 2.07 bits per heavy atom. The first-order chi connectivity index (χ1) is 13.0. The molecule has 7 heteroatoms. The van der Waals surface area contributed by atoms with Crippen molar-refractivity contribution >= 4 is 11.8 Å². The third-order valence-corrected chi connectivity index (χ3v) is 4.53. The molecule has 0 bridgehead atoms. The number of hydrogen-bond donors (Lipinski definition) is 4. The van der Waals surface area contributed by atoms with E-state index in [-0.39, 0.29) is 18.6 Å². The van der Waals surface area contributed by atoms with Crippen LogP contribution in [0.25, 0.3) is 0 Å². The van der Waals surface area contributed by atoms with Crippen LogP contribution in [0.2, 0.25) is 0 Å². The topological polar surface area (TPSA) is 105 Å². The van der Waals surface area contributed by atoms with Crippen LogP contribution >= 0.6 is 0 Å². The first-order valence-corrected chi connectivity index (χ1v) is 9.33. The number of nitrogens with one attached hydrogen (secondary N) is 2. The zero-order valence-electron chi connectivity index (χ0n) is 16.7. The molecule has 5 N–H and O–H groups in total. The number of aliphatic hydroxyl groups is 1. The van der Waals surface area contributed by atoms with Crippen molar-refractivity contribution < 1.29 is 9.84 Å². The van der Waals surface area contributed by atoms with Crippen molar-refractivity contribution in [2.45, 2.75) is 45.7 Å². The summed E-state index contributed by atoms with van der Waals surface area (Å²) in [6, 6.07) is 6.13. The lowest BCUT2D eigenvalue weighted by atomic mass is 10.0. The van der Waals surface area contributed by atoms with E-state index in [4.69, 9.17) is 10.5 Å². The van der Waals surface area contributed by atoms with E-state index in [1.54, 1.807) is 7.11 Å². The highest BCUT2D eigenvalue weighted by Gasteiger charge is 2.17. The smallest absolute Gasteiger partial charge is 0.222 e. The first-order valence-electron chi connectivity index (χ1n) is 9.33. The molecule has 0 unspecified atom stereocenters. The van der Waals surface area contributed by atoms with Gasteiger partial charge in [-0.1, -0.05) is 25.5 Å². The molecule has 0 saturated heterocycles. The largest absolute Gasteiger partial charge is 0.496 e. The molecule has 0 amide bonds. The number of aliphatic hydroxyl groups excluding tert-OH is 1. The number of ether oxygens (including phenoxy) is 1. The molecular formula is C20H31N5O2. The highest BCUT2D eigenvalue weighted by atomic mass is 16.5. The number of aryl methyl sites for hydroxylation is 1. The van der Waals surface area contributed by atoms with Crippen LogP contribution < -0.4 is 21.1 Å². The molecule has 2 rings (SSSR count). The van der Waals surface area contributed by atoms with E-state index < -0.39 is 0 Å². The molecular weight excluding hydrogens is 342 g/mol. The summed E-state index contributed by atoms with van der Waals surface area (Å²) in [6.45, 7) is 4.83. The quantitative estimate of drug-likeness (QED) is 0.506. The highest BCUT2D eigenvalue weighted by molar-refractivity contribution is 5.53. The maximum atomic E-state index is 9.64. The van der Waals surface area contributed by atoms with E-state index in [2.05, 4.69) is 39.7 Å². The van der Waals surface area contributed by atoms with Crippen molar-refractivity contribution in [3.05, 3.63) is 40.6 Å².